The molecule has 136 valence electrons. The number of amides is 1. The van der Waals surface area contributed by atoms with Crippen LogP contribution in [0.3, 0.4) is 0 Å². The third-order valence-electron chi connectivity index (χ3n) is 3.93. The van der Waals surface area contributed by atoms with Crippen molar-refractivity contribution in [3.8, 4) is 11.5 Å². The van der Waals surface area contributed by atoms with Gasteiger partial charge in [-0.1, -0.05) is 0 Å². The molecule has 2 heterocycles. The minimum Gasteiger partial charge on any atom is -0.490 e. The van der Waals surface area contributed by atoms with Crippen LogP contribution in [-0.4, -0.2) is 33.9 Å². The molecule has 0 saturated carbocycles. The molecule has 0 aliphatic heterocycles. The minimum atomic E-state index is -0.241. The summed E-state index contributed by atoms with van der Waals surface area (Å²) in [5.74, 6) is 1.01. The molecule has 1 N–H and O–H groups in total. The molecule has 7 nitrogen and oxygen atoms in total. The summed E-state index contributed by atoms with van der Waals surface area (Å²) in [7, 11) is 1.83. The number of aryl methyl sites for hydroxylation is 2. The van der Waals surface area contributed by atoms with E-state index in [9.17, 15) is 4.79 Å². The molecule has 26 heavy (non-hydrogen) atoms. The van der Waals surface area contributed by atoms with Gasteiger partial charge < -0.3 is 14.8 Å². The predicted molar refractivity (Wildman–Crippen MR) is 100.0 cm³/mol. The molecule has 0 fully saturated rings. The molecule has 1 aromatic carbocycles. The fraction of sp³-hybridized carbons (Fsp3) is 0.316. The Bertz CT molecular complexity index is 949. The number of hydrogen-bond donors (Lipinski definition) is 1. The molecule has 0 saturated heterocycles. The summed E-state index contributed by atoms with van der Waals surface area (Å²) < 4.78 is 12.8. The smallest absolute Gasteiger partial charge is 0.257 e. The highest BCUT2D eigenvalue weighted by atomic mass is 16.5. The number of ether oxygens (including phenoxy) is 2. The fourth-order valence-corrected chi connectivity index (χ4v) is 2.76. The van der Waals surface area contributed by atoms with Gasteiger partial charge in [0.25, 0.3) is 5.91 Å². The number of nitrogens with zero attached hydrogens (tertiary/aromatic N) is 3. The van der Waals surface area contributed by atoms with Gasteiger partial charge in [0.05, 0.1) is 24.5 Å². The van der Waals surface area contributed by atoms with Crippen LogP contribution in [0.25, 0.3) is 11.0 Å². The Labute approximate surface area is 151 Å². The van der Waals surface area contributed by atoms with E-state index in [1.165, 1.54) is 0 Å². The van der Waals surface area contributed by atoms with Gasteiger partial charge >= 0.3 is 0 Å². The van der Waals surface area contributed by atoms with E-state index in [1.807, 2.05) is 27.8 Å². The summed E-state index contributed by atoms with van der Waals surface area (Å²) in [6.45, 7) is 6.76. The lowest BCUT2D eigenvalue weighted by molar-refractivity contribution is 0.102. The van der Waals surface area contributed by atoms with Gasteiger partial charge in [-0.25, -0.2) is 4.98 Å². The molecule has 7 heteroatoms. The molecule has 1 amide bonds. The normalized spacial score (nSPS) is 10.8. The monoisotopic (exact) mass is 354 g/mol. The zero-order valence-corrected chi connectivity index (χ0v) is 15.4. The Morgan fingerprint density at radius 3 is 2.62 bits per heavy atom. The van der Waals surface area contributed by atoms with E-state index >= 15 is 0 Å². The second-order valence-corrected chi connectivity index (χ2v) is 5.79. The number of hydrogen-bond acceptors (Lipinski definition) is 5. The van der Waals surface area contributed by atoms with E-state index < -0.39 is 0 Å². The Balaban J connectivity index is 1.85. The minimum absolute atomic E-state index is 0.241. The largest absolute Gasteiger partial charge is 0.490 e. The Morgan fingerprint density at radius 2 is 1.88 bits per heavy atom. The van der Waals surface area contributed by atoms with E-state index in [0.29, 0.717) is 36.0 Å². The summed E-state index contributed by atoms with van der Waals surface area (Å²) in [5, 5.41) is 8.06. The highest BCUT2D eigenvalue weighted by Gasteiger charge is 2.13. The number of benzene rings is 1. The summed E-state index contributed by atoms with van der Waals surface area (Å²) >= 11 is 0. The maximum Gasteiger partial charge on any atom is 0.257 e. The van der Waals surface area contributed by atoms with Crippen molar-refractivity contribution in [2.75, 3.05) is 18.5 Å². The standard InChI is InChI=1S/C19H22N4O3/c1-5-25-16-8-7-14(10-17(16)26-6-2)21-19(24)13-9-15-12(3)22-23(4)18(15)20-11-13/h7-11H,5-6H2,1-4H3,(H,21,24). The second-order valence-electron chi connectivity index (χ2n) is 5.79. The van der Waals surface area contributed by atoms with Crippen molar-refractivity contribution in [1.29, 1.82) is 0 Å². The first-order valence-electron chi connectivity index (χ1n) is 8.53. The van der Waals surface area contributed by atoms with E-state index in [-0.39, 0.29) is 5.91 Å². The predicted octanol–water partition coefficient (Wildman–Crippen LogP) is 3.33. The lowest BCUT2D eigenvalue weighted by Crippen LogP contribution is -2.12. The maximum absolute atomic E-state index is 12.6. The van der Waals surface area contributed by atoms with Crippen molar-refractivity contribution in [2.45, 2.75) is 20.8 Å². The number of pyridine rings is 1. The first kappa shape index (κ1) is 17.7. The van der Waals surface area contributed by atoms with Crippen molar-refractivity contribution < 1.29 is 14.3 Å². The molecule has 0 bridgehead atoms. The molecular weight excluding hydrogens is 332 g/mol. The average Bonchev–Trinajstić information content (AvgIpc) is 2.91. The molecule has 0 spiro atoms. The first-order valence-corrected chi connectivity index (χ1v) is 8.53. The average molecular weight is 354 g/mol. The van der Waals surface area contributed by atoms with Crippen LogP contribution in [0.1, 0.15) is 29.9 Å². The van der Waals surface area contributed by atoms with E-state index in [0.717, 1.165) is 16.7 Å². The van der Waals surface area contributed by atoms with Crippen LogP contribution in [0.15, 0.2) is 30.5 Å². The number of carbonyl (C=O) groups excluding carboxylic acids is 1. The van der Waals surface area contributed by atoms with Crippen LogP contribution >= 0.6 is 0 Å². The molecular formula is C19H22N4O3. The first-order chi connectivity index (χ1) is 12.5. The maximum atomic E-state index is 12.6. The van der Waals surface area contributed by atoms with Gasteiger partial charge in [-0.2, -0.15) is 5.10 Å². The van der Waals surface area contributed by atoms with Gasteiger partial charge in [0, 0.05) is 30.4 Å². The molecule has 0 aliphatic carbocycles. The highest BCUT2D eigenvalue weighted by molar-refractivity contribution is 6.05. The number of nitrogens with one attached hydrogen (secondary N) is 1. The van der Waals surface area contributed by atoms with Crippen molar-refractivity contribution in [2.24, 2.45) is 7.05 Å². The Morgan fingerprint density at radius 1 is 1.15 bits per heavy atom. The van der Waals surface area contributed by atoms with Gasteiger partial charge in [-0.15, -0.1) is 0 Å². The highest BCUT2D eigenvalue weighted by Crippen LogP contribution is 2.31. The van der Waals surface area contributed by atoms with Crippen molar-refractivity contribution in [3.63, 3.8) is 0 Å². The van der Waals surface area contributed by atoms with Gasteiger partial charge in [-0.3, -0.25) is 9.48 Å². The number of fused-ring (bicyclic) bond motifs is 1. The molecule has 2 aromatic heterocycles. The van der Waals surface area contributed by atoms with Gasteiger partial charge in [0.1, 0.15) is 0 Å². The van der Waals surface area contributed by atoms with Crippen LogP contribution in [0.5, 0.6) is 11.5 Å². The van der Waals surface area contributed by atoms with E-state index in [2.05, 4.69) is 15.4 Å². The number of rotatable bonds is 6. The third-order valence-corrected chi connectivity index (χ3v) is 3.93. The topological polar surface area (TPSA) is 78.3 Å². The molecule has 0 atom stereocenters. The van der Waals surface area contributed by atoms with Crippen molar-refractivity contribution >= 4 is 22.6 Å². The summed E-state index contributed by atoms with van der Waals surface area (Å²) in [6, 6.07) is 7.13. The van der Waals surface area contributed by atoms with Crippen LogP contribution < -0.4 is 14.8 Å². The summed E-state index contributed by atoms with van der Waals surface area (Å²) in [5.41, 5.74) is 2.69. The van der Waals surface area contributed by atoms with Crippen LogP contribution in [-0.2, 0) is 7.05 Å². The van der Waals surface area contributed by atoms with Crippen LogP contribution in [0.2, 0.25) is 0 Å². The number of aromatic nitrogens is 3. The zero-order valence-electron chi connectivity index (χ0n) is 15.4. The second kappa shape index (κ2) is 7.43. The lowest BCUT2D eigenvalue weighted by Gasteiger charge is -2.13. The molecule has 3 aromatic rings. The summed E-state index contributed by atoms with van der Waals surface area (Å²) in [4.78, 5) is 16.9. The van der Waals surface area contributed by atoms with E-state index in [4.69, 9.17) is 9.47 Å². The zero-order chi connectivity index (χ0) is 18.7. The molecule has 3 rings (SSSR count). The lowest BCUT2D eigenvalue weighted by atomic mass is 10.2. The Kier molecular flexibility index (Phi) is 5.06. The number of carbonyl (C=O) groups is 1. The van der Waals surface area contributed by atoms with Crippen molar-refractivity contribution in [1.82, 2.24) is 14.8 Å². The Hall–Kier alpha value is -3.09. The van der Waals surface area contributed by atoms with Gasteiger partial charge in [-0.05, 0) is 39.0 Å². The number of anilines is 1. The quantitative estimate of drug-likeness (QED) is 0.735. The van der Waals surface area contributed by atoms with Gasteiger partial charge in [0.15, 0.2) is 17.1 Å². The fourth-order valence-electron chi connectivity index (χ4n) is 2.76. The molecule has 0 radical (unpaired) electrons. The SMILES string of the molecule is CCOc1ccc(NC(=O)c2cnc3c(c2)c(C)nn3C)cc1OCC. The molecule has 0 aliphatic rings. The molecule has 0 unspecified atom stereocenters. The summed E-state index contributed by atoms with van der Waals surface area (Å²) in [6.07, 6.45) is 1.55. The van der Waals surface area contributed by atoms with Crippen molar-refractivity contribution in [3.05, 3.63) is 41.7 Å². The third kappa shape index (κ3) is 3.46. The van der Waals surface area contributed by atoms with Crippen LogP contribution in [0.4, 0.5) is 5.69 Å². The van der Waals surface area contributed by atoms with E-state index in [1.54, 1.807) is 35.1 Å². The van der Waals surface area contributed by atoms with Crippen LogP contribution in [0, 0.1) is 6.92 Å². The van der Waals surface area contributed by atoms with Gasteiger partial charge in [0.2, 0.25) is 0 Å².